The highest BCUT2D eigenvalue weighted by atomic mass is 19.1. The van der Waals surface area contributed by atoms with E-state index in [1.807, 2.05) is 45.0 Å². The molecular weight excluding hydrogens is 437 g/mol. The largest absolute Gasteiger partial charge is 0.444 e. The second kappa shape index (κ2) is 8.52. The molecule has 0 atom stereocenters. The van der Waals surface area contributed by atoms with Crippen LogP contribution >= 0.6 is 0 Å². The lowest BCUT2D eigenvalue weighted by molar-refractivity contribution is 0.0214. The number of amides is 1. The van der Waals surface area contributed by atoms with Gasteiger partial charge in [-0.05, 0) is 65.0 Å². The quantitative estimate of drug-likeness (QED) is 0.502. The number of fused-ring (bicyclic) bond motifs is 3. The topological polar surface area (TPSA) is 86.3 Å². The summed E-state index contributed by atoms with van der Waals surface area (Å²) in [5.74, 6) is 1.77. The van der Waals surface area contributed by atoms with Gasteiger partial charge in [0, 0.05) is 11.8 Å². The van der Waals surface area contributed by atoms with Crippen molar-refractivity contribution in [1.29, 1.82) is 0 Å². The highest BCUT2D eigenvalue weighted by molar-refractivity contribution is 5.68. The maximum Gasteiger partial charge on any atom is 0.411 e. The Morgan fingerprint density at radius 2 is 1.79 bits per heavy atom. The molecule has 2 aliphatic rings. The Bertz CT molecular complexity index is 1200. The lowest BCUT2D eigenvalue weighted by Crippen LogP contribution is -2.35. The number of aryl methyl sites for hydroxylation is 1. The number of rotatable bonds is 2. The van der Waals surface area contributed by atoms with Gasteiger partial charge in [-0.15, -0.1) is 10.2 Å². The number of benzene rings is 1. The van der Waals surface area contributed by atoms with Crippen molar-refractivity contribution in [3.63, 3.8) is 0 Å². The molecule has 0 bridgehead atoms. The zero-order valence-electron chi connectivity index (χ0n) is 20.0. The molecule has 9 heteroatoms. The first-order chi connectivity index (χ1) is 16.2. The molecule has 5 rings (SSSR count). The number of para-hydroxylation sites is 1. The van der Waals surface area contributed by atoms with E-state index in [4.69, 9.17) is 9.26 Å². The molecule has 34 heavy (non-hydrogen) atoms. The summed E-state index contributed by atoms with van der Waals surface area (Å²) in [6.07, 6.45) is 2.95. The minimum atomic E-state index is -0.581. The van der Waals surface area contributed by atoms with Crippen LogP contribution in [0.2, 0.25) is 0 Å². The summed E-state index contributed by atoms with van der Waals surface area (Å²) < 4.78 is 27.1. The van der Waals surface area contributed by atoms with Crippen LogP contribution in [-0.2, 0) is 17.8 Å². The van der Waals surface area contributed by atoms with Crippen molar-refractivity contribution in [3.8, 4) is 5.69 Å². The molecule has 0 N–H and O–H groups in total. The number of halogens is 1. The Kier molecular flexibility index (Phi) is 5.65. The van der Waals surface area contributed by atoms with E-state index in [0.29, 0.717) is 24.6 Å². The van der Waals surface area contributed by atoms with Crippen LogP contribution in [0, 0.1) is 12.7 Å². The van der Waals surface area contributed by atoms with Gasteiger partial charge in [0.25, 0.3) is 0 Å². The Labute approximate surface area is 198 Å². The first-order valence-electron chi connectivity index (χ1n) is 11.8. The van der Waals surface area contributed by atoms with E-state index in [1.54, 1.807) is 11.8 Å². The molecule has 0 unspecified atom stereocenters. The Balaban J connectivity index is 1.42. The van der Waals surface area contributed by atoms with Gasteiger partial charge in [-0.25, -0.2) is 9.18 Å². The van der Waals surface area contributed by atoms with Gasteiger partial charge in [0.2, 0.25) is 0 Å². The van der Waals surface area contributed by atoms with Crippen LogP contribution in [0.4, 0.5) is 9.18 Å². The second-order valence-electron chi connectivity index (χ2n) is 10.3. The second-order valence-corrected chi connectivity index (χ2v) is 10.3. The van der Waals surface area contributed by atoms with Crippen LogP contribution in [0.5, 0.6) is 0 Å². The molecule has 0 radical (unpaired) electrons. The lowest BCUT2D eigenvalue weighted by Gasteiger charge is -2.27. The van der Waals surface area contributed by atoms with Gasteiger partial charge in [-0.1, -0.05) is 23.4 Å². The summed E-state index contributed by atoms with van der Waals surface area (Å²) in [6, 6.07) is 8.03. The van der Waals surface area contributed by atoms with Crippen LogP contribution < -0.4 is 0 Å². The molecule has 1 aliphatic carbocycles. The average molecular weight is 468 g/mol. The summed E-state index contributed by atoms with van der Waals surface area (Å²) in [6.45, 7) is 7.93. The standard InChI is InChI=1S/C25H30FN5O3/c1-15-21(26)22(29-34-15)16-9-11-17(12-10-16)23-28-27-20-14-30(24(32)33-25(2,3)4)13-18-7-5-6-8-19(18)31(20)23/h5-8,16-17H,9-14H2,1-4H3. The fourth-order valence-corrected chi connectivity index (χ4v) is 4.97. The molecule has 0 saturated heterocycles. The summed E-state index contributed by atoms with van der Waals surface area (Å²) in [7, 11) is 0. The van der Waals surface area contributed by atoms with Crippen LogP contribution in [0.15, 0.2) is 28.8 Å². The van der Waals surface area contributed by atoms with Crippen molar-refractivity contribution in [2.24, 2.45) is 0 Å². The number of nitrogens with zero attached hydrogens (tertiary/aromatic N) is 5. The molecule has 3 heterocycles. The molecule has 8 nitrogen and oxygen atoms in total. The zero-order valence-corrected chi connectivity index (χ0v) is 20.0. The molecule has 2 aromatic heterocycles. The summed E-state index contributed by atoms with van der Waals surface area (Å²) in [4.78, 5) is 14.6. The van der Waals surface area contributed by atoms with E-state index < -0.39 is 5.60 Å². The van der Waals surface area contributed by atoms with E-state index in [-0.39, 0.29) is 29.5 Å². The van der Waals surface area contributed by atoms with E-state index >= 15 is 0 Å². The van der Waals surface area contributed by atoms with Crippen molar-refractivity contribution in [2.45, 2.75) is 83.9 Å². The number of hydrogen-bond acceptors (Lipinski definition) is 6. The van der Waals surface area contributed by atoms with E-state index in [9.17, 15) is 9.18 Å². The van der Waals surface area contributed by atoms with Crippen molar-refractivity contribution in [1.82, 2.24) is 24.8 Å². The summed E-state index contributed by atoms with van der Waals surface area (Å²) in [5.41, 5.74) is 1.86. The van der Waals surface area contributed by atoms with Crippen LogP contribution in [0.1, 0.15) is 87.0 Å². The van der Waals surface area contributed by atoms with Crippen molar-refractivity contribution in [3.05, 3.63) is 58.7 Å². The first-order valence-corrected chi connectivity index (χ1v) is 11.8. The maximum atomic E-state index is 14.3. The van der Waals surface area contributed by atoms with Gasteiger partial charge in [-0.2, -0.15) is 0 Å². The smallest absolute Gasteiger partial charge is 0.411 e. The zero-order chi connectivity index (χ0) is 24.0. The molecule has 1 saturated carbocycles. The van der Waals surface area contributed by atoms with E-state index in [0.717, 1.165) is 42.8 Å². The average Bonchev–Trinajstić information content (AvgIpc) is 3.31. The Morgan fingerprint density at radius 3 is 2.47 bits per heavy atom. The number of ether oxygens (including phenoxy) is 1. The molecule has 1 aliphatic heterocycles. The molecule has 1 fully saturated rings. The van der Waals surface area contributed by atoms with Gasteiger partial charge < -0.3 is 9.26 Å². The normalized spacial score (nSPS) is 20.4. The summed E-state index contributed by atoms with van der Waals surface area (Å²) >= 11 is 0. The Hall–Kier alpha value is -3.23. The highest BCUT2D eigenvalue weighted by Gasteiger charge is 2.34. The minimum Gasteiger partial charge on any atom is -0.444 e. The van der Waals surface area contributed by atoms with Gasteiger partial charge in [0.05, 0.1) is 18.8 Å². The molecule has 3 aromatic rings. The lowest BCUT2D eigenvalue weighted by atomic mass is 9.80. The number of aromatic nitrogens is 4. The number of carbonyl (C=O) groups excluding carboxylic acids is 1. The van der Waals surface area contributed by atoms with Crippen LogP contribution in [0.25, 0.3) is 5.69 Å². The fraction of sp³-hybridized carbons (Fsp3) is 0.520. The van der Waals surface area contributed by atoms with Gasteiger partial charge in [0.15, 0.2) is 17.4 Å². The highest BCUT2D eigenvalue weighted by Crippen LogP contribution is 2.42. The van der Waals surface area contributed by atoms with Crippen LogP contribution in [-0.4, -0.2) is 36.5 Å². The number of hydrogen-bond donors (Lipinski definition) is 0. The number of carbonyl (C=O) groups is 1. The van der Waals surface area contributed by atoms with E-state index in [2.05, 4.69) is 19.9 Å². The monoisotopic (exact) mass is 467 g/mol. The van der Waals surface area contributed by atoms with Gasteiger partial charge in [0.1, 0.15) is 17.1 Å². The Morgan fingerprint density at radius 1 is 1.09 bits per heavy atom. The molecular formula is C25H30FN5O3. The van der Waals surface area contributed by atoms with E-state index in [1.165, 1.54) is 0 Å². The van der Waals surface area contributed by atoms with Crippen molar-refractivity contribution < 1.29 is 18.4 Å². The maximum absolute atomic E-state index is 14.3. The van der Waals surface area contributed by atoms with Crippen LogP contribution in [0.3, 0.4) is 0 Å². The SMILES string of the molecule is Cc1onc(C2CCC(c3nnc4n3-c3ccccc3CN(C(=O)OC(C)(C)C)C4)CC2)c1F. The van der Waals surface area contributed by atoms with Gasteiger partial charge >= 0.3 is 6.09 Å². The first kappa shape index (κ1) is 22.6. The molecule has 180 valence electrons. The minimum absolute atomic E-state index is 0.0511. The predicted octanol–water partition coefficient (Wildman–Crippen LogP) is 5.39. The third kappa shape index (κ3) is 4.19. The third-order valence-corrected chi connectivity index (χ3v) is 6.63. The summed E-state index contributed by atoms with van der Waals surface area (Å²) in [5, 5.41) is 13.0. The predicted molar refractivity (Wildman–Crippen MR) is 122 cm³/mol. The molecule has 0 spiro atoms. The molecule has 1 amide bonds. The fourth-order valence-electron chi connectivity index (χ4n) is 4.97. The third-order valence-electron chi connectivity index (χ3n) is 6.63. The van der Waals surface area contributed by atoms with Gasteiger partial charge in [-0.3, -0.25) is 9.47 Å². The molecule has 1 aromatic carbocycles. The van der Waals surface area contributed by atoms with Crippen molar-refractivity contribution in [2.75, 3.05) is 0 Å². The van der Waals surface area contributed by atoms with Crippen molar-refractivity contribution >= 4 is 6.09 Å².